The predicted molar refractivity (Wildman–Crippen MR) is 71.1 cm³/mol. The van der Waals surface area contributed by atoms with Crippen molar-refractivity contribution in [2.24, 2.45) is 0 Å². The van der Waals surface area contributed by atoms with Gasteiger partial charge in [0.2, 0.25) is 0 Å². The Morgan fingerprint density at radius 2 is 1.61 bits per heavy atom. The van der Waals surface area contributed by atoms with Crippen molar-refractivity contribution in [1.82, 2.24) is 0 Å². The Balaban J connectivity index is 0.000000164. The van der Waals surface area contributed by atoms with Gasteiger partial charge in [-0.3, -0.25) is 4.79 Å². The van der Waals surface area contributed by atoms with Crippen molar-refractivity contribution in [3.05, 3.63) is 54.1 Å². The fourth-order valence-corrected chi connectivity index (χ4v) is 1.49. The molecule has 1 aromatic rings. The smallest absolute Gasteiger partial charge is 0.308 e. The number of hydrogen-bond acceptors (Lipinski definition) is 2. The zero-order chi connectivity index (χ0) is 13.0. The van der Waals surface area contributed by atoms with Gasteiger partial charge in [0.05, 0.1) is 5.56 Å². The van der Waals surface area contributed by atoms with Gasteiger partial charge in [-0.2, -0.15) is 0 Å². The molecule has 2 nitrogen and oxygen atoms in total. The Morgan fingerprint density at radius 1 is 1.06 bits per heavy atom. The number of carbonyl (C=O) groups excluding carboxylic acids is 1. The molecule has 0 spiro atoms. The van der Waals surface area contributed by atoms with Gasteiger partial charge in [0.1, 0.15) is 5.75 Å². The number of hydrogen-bond donors (Lipinski definition) is 0. The Labute approximate surface area is 106 Å². The summed E-state index contributed by atoms with van der Waals surface area (Å²) >= 11 is 0. The monoisotopic (exact) mass is 236 g/mol. The fraction of sp³-hybridized carbons (Fsp3) is 0.0625. The molecule has 0 aliphatic heterocycles. The molecule has 0 radical (unpaired) electrons. The van der Waals surface area contributed by atoms with Crippen LogP contribution in [0.2, 0.25) is 0 Å². The van der Waals surface area contributed by atoms with Crippen molar-refractivity contribution in [1.29, 1.82) is 0 Å². The van der Waals surface area contributed by atoms with Crippen LogP contribution in [0.3, 0.4) is 0 Å². The summed E-state index contributed by atoms with van der Waals surface area (Å²) in [5.41, 5.74) is 3.44. The molecule has 88 valence electrons. The second-order valence-electron chi connectivity index (χ2n) is 3.81. The molecular formula is C16H12O2. The van der Waals surface area contributed by atoms with E-state index in [1.165, 1.54) is 18.1 Å². The highest BCUT2D eigenvalue weighted by molar-refractivity contribution is 5.75. The van der Waals surface area contributed by atoms with Crippen LogP contribution in [0.1, 0.15) is 12.5 Å². The average Bonchev–Trinajstić information content (AvgIpc) is 2.34. The summed E-state index contributed by atoms with van der Waals surface area (Å²) < 4.78 is 4.85. The number of esters is 1. The molecule has 0 N–H and O–H groups in total. The lowest BCUT2D eigenvalue weighted by atomic mass is 9.95. The fourth-order valence-electron chi connectivity index (χ4n) is 1.49. The molecule has 1 aromatic carbocycles. The van der Waals surface area contributed by atoms with Gasteiger partial charge in [0.25, 0.3) is 0 Å². The van der Waals surface area contributed by atoms with Crippen LogP contribution < -0.4 is 4.74 Å². The number of benzene rings is 2. The van der Waals surface area contributed by atoms with Gasteiger partial charge < -0.3 is 4.74 Å². The van der Waals surface area contributed by atoms with Crippen LogP contribution in [0.5, 0.6) is 5.75 Å². The van der Waals surface area contributed by atoms with Crippen LogP contribution in [0, 0.1) is 12.3 Å². The van der Waals surface area contributed by atoms with Crippen molar-refractivity contribution >= 4 is 5.97 Å². The predicted octanol–water partition coefficient (Wildman–Crippen LogP) is 3.26. The Morgan fingerprint density at radius 3 is 2.00 bits per heavy atom. The topological polar surface area (TPSA) is 26.3 Å². The van der Waals surface area contributed by atoms with E-state index in [1.54, 1.807) is 24.3 Å². The summed E-state index contributed by atoms with van der Waals surface area (Å²) in [4.78, 5) is 10.6. The SMILES string of the molecule is C#Cc1ccccc1OC(C)=O.c1cc2ccc1-2. The molecule has 0 unspecified atom stereocenters. The molecule has 0 saturated carbocycles. The third-order valence-corrected chi connectivity index (χ3v) is 2.51. The molecule has 0 atom stereocenters. The maximum Gasteiger partial charge on any atom is 0.308 e. The van der Waals surface area contributed by atoms with Gasteiger partial charge in [-0.25, -0.2) is 0 Å². The molecule has 0 heterocycles. The lowest BCUT2D eigenvalue weighted by Gasteiger charge is -2.10. The quantitative estimate of drug-likeness (QED) is 0.368. The number of rotatable bonds is 1. The summed E-state index contributed by atoms with van der Waals surface area (Å²) in [7, 11) is 0. The van der Waals surface area contributed by atoms with E-state index >= 15 is 0 Å². The third-order valence-electron chi connectivity index (χ3n) is 2.51. The Kier molecular flexibility index (Phi) is 3.45. The first-order valence-electron chi connectivity index (χ1n) is 5.55. The summed E-state index contributed by atoms with van der Waals surface area (Å²) in [6.45, 7) is 1.34. The molecule has 0 bridgehead atoms. The van der Waals surface area contributed by atoms with Gasteiger partial charge in [-0.1, -0.05) is 42.3 Å². The Bertz CT molecular complexity index is 583. The average molecular weight is 236 g/mol. The van der Waals surface area contributed by atoms with Gasteiger partial charge >= 0.3 is 5.97 Å². The van der Waals surface area contributed by atoms with Crippen LogP contribution in [0.15, 0.2) is 48.5 Å². The first-order valence-corrected chi connectivity index (χ1v) is 5.55. The number of fused-ring (bicyclic) bond motifs is 1. The second-order valence-corrected chi connectivity index (χ2v) is 3.81. The first kappa shape index (κ1) is 11.9. The van der Waals surface area contributed by atoms with E-state index in [0.29, 0.717) is 11.3 Å². The van der Waals surface area contributed by atoms with Crippen LogP contribution in [0.25, 0.3) is 11.1 Å². The second kappa shape index (κ2) is 5.20. The molecule has 3 rings (SSSR count). The van der Waals surface area contributed by atoms with Crippen molar-refractivity contribution in [3.63, 3.8) is 0 Å². The van der Waals surface area contributed by atoms with Crippen molar-refractivity contribution in [2.45, 2.75) is 6.92 Å². The molecule has 18 heavy (non-hydrogen) atoms. The zero-order valence-electron chi connectivity index (χ0n) is 10.0. The standard InChI is InChI=1S/C10H8O2.C6H4/c1-3-9-6-4-5-7-10(9)12-8(2)11;1-2-6-4-3-5(1)6/h1,4-7H,2H3;1-4H. The van der Waals surface area contributed by atoms with Gasteiger partial charge in [0, 0.05) is 6.92 Å². The van der Waals surface area contributed by atoms with E-state index in [9.17, 15) is 4.79 Å². The minimum absolute atomic E-state index is 0.363. The molecule has 2 aliphatic carbocycles. The maximum absolute atomic E-state index is 10.6. The Hall–Kier alpha value is -2.53. The minimum atomic E-state index is -0.363. The van der Waals surface area contributed by atoms with Crippen molar-refractivity contribution < 1.29 is 9.53 Å². The zero-order valence-corrected chi connectivity index (χ0v) is 10.0. The lowest BCUT2D eigenvalue weighted by molar-refractivity contribution is -0.131. The summed E-state index contributed by atoms with van der Waals surface area (Å²) in [5.74, 6) is 2.50. The van der Waals surface area contributed by atoms with Crippen LogP contribution >= 0.6 is 0 Å². The number of carbonyl (C=O) groups is 1. The van der Waals surface area contributed by atoms with E-state index < -0.39 is 0 Å². The number of terminal acetylenes is 1. The highest BCUT2D eigenvalue weighted by atomic mass is 16.5. The maximum atomic E-state index is 10.6. The van der Waals surface area contributed by atoms with E-state index in [4.69, 9.17) is 11.2 Å². The molecule has 0 fully saturated rings. The molecule has 2 aliphatic rings. The molecular weight excluding hydrogens is 224 g/mol. The van der Waals surface area contributed by atoms with E-state index in [2.05, 4.69) is 30.2 Å². The number of ether oxygens (including phenoxy) is 1. The summed E-state index contributed by atoms with van der Waals surface area (Å²) in [5, 5.41) is 0. The normalized spacial score (nSPS) is 9.56. The van der Waals surface area contributed by atoms with Gasteiger partial charge in [-0.05, 0) is 23.3 Å². The first-order chi connectivity index (χ1) is 8.70. The minimum Gasteiger partial charge on any atom is -0.425 e. The van der Waals surface area contributed by atoms with Crippen LogP contribution in [-0.2, 0) is 4.79 Å². The summed E-state index contributed by atoms with van der Waals surface area (Å²) in [6.07, 6.45) is 5.19. The highest BCUT2D eigenvalue weighted by Gasteiger charge is 2.04. The highest BCUT2D eigenvalue weighted by Crippen LogP contribution is 2.29. The van der Waals surface area contributed by atoms with Crippen molar-refractivity contribution in [2.75, 3.05) is 0 Å². The molecule has 0 amide bonds. The lowest BCUT2D eigenvalue weighted by Crippen LogP contribution is -2.02. The van der Waals surface area contributed by atoms with Crippen LogP contribution in [-0.4, -0.2) is 5.97 Å². The largest absolute Gasteiger partial charge is 0.425 e. The van der Waals surface area contributed by atoms with Crippen molar-refractivity contribution in [3.8, 4) is 29.2 Å². The van der Waals surface area contributed by atoms with E-state index in [-0.39, 0.29) is 5.97 Å². The van der Waals surface area contributed by atoms with Gasteiger partial charge in [0.15, 0.2) is 0 Å². The summed E-state index contributed by atoms with van der Waals surface area (Å²) in [6, 6.07) is 15.4. The van der Waals surface area contributed by atoms with Gasteiger partial charge in [-0.15, -0.1) is 6.42 Å². The van der Waals surface area contributed by atoms with Crippen LogP contribution in [0.4, 0.5) is 0 Å². The van der Waals surface area contributed by atoms with E-state index in [0.717, 1.165) is 0 Å². The number of para-hydroxylation sites is 1. The molecule has 0 aromatic heterocycles. The third kappa shape index (κ3) is 2.58. The van der Waals surface area contributed by atoms with E-state index in [1.807, 2.05) is 0 Å². The molecule has 0 saturated heterocycles. The molecule has 2 heteroatoms.